The fourth-order valence-electron chi connectivity index (χ4n) is 2.49. The van der Waals surface area contributed by atoms with E-state index in [4.69, 9.17) is 11.6 Å². The van der Waals surface area contributed by atoms with Gasteiger partial charge < -0.3 is 5.11 Å². The Morgan fingerprint density at radius 3 is 2.24 bits per heavy atom. The lowest BCUT2D eigenvalue weighted by Gasteiger charge is -2.19. The molecule has 2 aromatic rings. The lowest BCUT2D eigenvalue weighted by Crippen LogP contribution is -2.11. The average Bonchev–Trinajstić information content (AvgIpc) is 2.62. The summed E-state index contributed by atoms with van der Waals surface area (Å²) in [7, 11) is 1.78. The third-order valence-corrected chi connectivity index (χ3v) is 4.23. The van der Waals surface area contributed by atoms with E-state index in [-0.39, 0.29) is 5.41 Å². The maximum Gasteiger partial charge on any atom is 0.132 e. The van der Waals surface area contributed by atoms with Crippen LogP contribution < -0.4 is 0 Å². The summed E-state index contributed by atoms with van der Waals surface area (Å²) in [4.78, 5) is 0. The van der Waals surface area contributed by atoms with Gasteiger partial charge in [-0.05, 0) is 23.5 Å². The van der Waals surface area contributed by atoms with Gasteiger partial charge in [-0.25, -0.2) is 0 Å². The van der Waals surface area contributed by atoms with Crippen LogP contribution in [0.3, 0.4) is 0 Å². The molecule has 0 aliphatic rings. The van der Waals surface area contributed by atoms with Crippen LogP contribution in [0.4, 0.5) is 0 Å². The minimum atomic E-state index is -0.633. The van der Waals surface area contributed by atoms with Gasteiger partial charge in [0.05, 0.1) is 11.8 Å². The molecular weight excluding hydrogens is 284 g/mol. The van der Waals surface area contributed by atoms with E-state index in [9.17, 15) is 5.11 Å². The van der Waals surface area contributed by atoms with Gasteiger partial charge in [0, 0.05) is 19.0 Å². The monoisotopic (exact) mass is 306 g/mol. The average molecular weight is 307 g/mol. The van der Waals surface area contributed by atoms with Crippen LogP contribution in [0.1, 0.15) is 49.3 Å². The Morgan fingerprint density at radius 2 is 1.81 bits per heavy atom. The van der Waals surface area contributed by atoms with Crippen LogP contribution >= 0.6 is 11.6 Å². The molecule has 0 bridgehead atoms. The van der Waals surface area contributed by atoms with E-state index >= 15 is 0 Å². The highest BCUT2D eigenvalue weighted by atomic mass is 35.5. The highest BCUT2D eigenvalue weighted by molar-refractivity contribution is 6.30. The summed E-state index contributed by atoms with van der Waals surface area (Å²) in [5.74, 6) is 0. The first kappa shape index (κ1) is 16.1. The standard InChI is InChI=1S/C17H23ClN2O/c1-11-15(16(18)20(5)19-11)14(21)10-12-6-8-13(9-7-12)17(2,3)4/h6-9,14,21H,10H2,1-5H3. The van der Waals surface area contributed by atoms with E-state index in [2.05, 4.69) is 50.1 Å². The molecule has 0 aliphatic carbocycles. The van der Waals surface area contributed by atoms with Crippen LogP contribution in [0.5, 0.6) is 0 Å². The third kappa shape index (κ3) is 3.47. The van der Waals surface area contributed by atoms with Gasteiger partial charge in [-0.3, -0.25) is 4.68 Å². The Kier molecular flexibility index (Phi) is 4.45. The topological polar surface area (TPSA) is 38.0 Å². The second kappa shape index (κ2) is 5.82. The minimum absolute atomic E-state index is 0.139. The molecule has 1 heterocycles. The summed E-state index contributed by atoms with van der Waals surface area (Å²) in [5.41, 5.74) is 4.02. The van der Waals surface area contributed by atoms with Crippen molar-refractivity contribution in [2.24, 2.45) is 7.05 Å². The fraction of sp³-hybridized carbons (Fsp3) is 0.471. The van der Waals surface area contributed by atoms with Crippen LogP contribution in [0.25, 0.3) is 0 Å². The number of nitrogens with zero attached hydrogens (tertiary/aromatic N) is 2. The maximum atomic E-state index is 10.4. The largest absolute Gasteiger partial charge is 0.388 e. The van der Waals surface area contributed by atoms with Crippen molar-refractivity contribution < 1.29 is 5.11 Å². The summed E-state index contributed by atoms with van der Waals surface area (Å²) in [6.45, 7) is 8.44. The first-order valence-electron chi connectivity index (χ1n) is 7.16. The van der Waals surface area contributed by atoms with Gasteiger partial charge in [0.2, 0.25) is 0 Å². The van der Waals surface area contributed by atoms with Crippen LogP contribution in [0, 0.1) is 6.92 Å². The van der Waals surface area contributed by atoms with Gasteiger partial charge in [0.15, 0.2) is 0 Å². The number of halogens is 1. The second-order valence-electron chi connectivity index (χ2n) is 6.58. The molecule has 0 spiro atoms. The minimum Gasteiger partial charge on any atom is -0.388 e. The van der Waals surface area contributed by atoms with E-state index in [0.29, 0.717) is 11.6 Å². The smallest absolute Gasteiger partial charge is 0.132 e. The number of rotatable bonds is 3. The third-order valence-electron chi connectivity index (χ3n) is 3.78. The molecule has 0 radical (unpaired) electrons. The van der Waals surface area contributed by atoms with E-state index in [1.807, 2.05) is 6.92 Å². The maximum absolute atomic E-state index is 10.4. The number of hydrogen-bond acceptors (Lipinski definition) is 2. The number of hydrogen-bond donors (Lipinski definition) is 1. The summed E-state index contributed by atoms with van der Waals surface area (Å²) < 4.78 is 1.60. The molecular formula is C17H23ClN2O. The molecule has 21 heavy (non-hydrogen) atoms. The Morgan fingerprint density at radius 1 is 1.24 bits per heavy atom. The van der Waals surface area contributed by atoms with Crippen molar-refractivity contribution in [1.82, 2.24) is 9.78 Å². The van der Waals surface area contributed by atoms with Crippen LogP contribution in [-0.4, -0.2) is 14.9 Å². The highest BCUT2D eigenvalue weighted by Crippen LogP contribution is 2.29. The first-order valence-corrected chi connectivity index (χ1v) is 7.54. The SMILES string of the molecule is Cc1nn(C)c(Cl)c1C(O)Cc1ccc(C(C)(C)C)cc1. The van der Waals surface area contributed by atoms with Crippen molar-refractivity contribution in [2.45, 2.75) is 45.6 Å². The zero-order valence-corrected chi connectivity index (χ0v) is 14.1. The molecule has 1 aromatic heterocycles. The van der Waals surface area contributed by atoms with Crippen molar-refractivity contribution in [3.8, 4) is 0 Å². The quantitative estimate of drug-likeness (QED) is 0.932. The molecule has 0 fully saturated rings. The Labute approximate surface area is 131 Å². The molecule has 1 unspecified atom stereocenters. The molecule has 0 saturated heterocycles. The highest BCUT2D eigenvalue weighted by Gasteiger charge is 2.20. The fourth-order valence-corrected chi connectivity index (χ4v) is 2.79. The normalized spacial score (nSPS) is 13.5. The Bertz CT molecular complexity index is 623. The van der Waals surface area contributed by atoms with Gasteiger partial charge in [0.1, 0.15) is 5.15 Å². The summed E-state index contributed by atoms with van der Waals surface area (Å²) in [6, 6.07) is 8.40. The van der Waals surface area contributed by atoms with E-state index in [0.717, 1.165) is 16.8 Å². The Hall–Kier alpha value is -1.32. The van der Waals surface area contributed by atoms with Crippen molar-refractivity contribution >= 4 is 11.6 Å². The molecule has 1 N–H and O–H groups in total. The molecule has 0 amide bonds. The van der Waals surface area contributed by atoms with E-state index in [1.54, 1.807) is 11.7 Å². The van der Waals surface area contributed by atoms with E-state index < -0.39 is 6.10 Å². The van der Waals surface area contributed by atoms with E-state index in [1.165, 1.54) is 5.56 Å². The lowest BCUT2D eigenvalue weighted by atomic mass is 9.86. The first-order chi connectivity index (χ1) is 9.70. The molecule has 0 saturated carbocycles. The lowest BCUT2D eigenvalue weighted by molar-refractivity contribution is 0.178. The number of aliphatic hydroxyl groups excluding tert-OH is 1. The van der Waals surface area contributed by atoms with Crippen molar-refractivity contribution in [3.05, 3.63) is 51.8 Å². The molecule has 4 heteroatoms. The number of aryl methyl sites for hydroxylation is 2. The predicted octanol–water partition coefficient (Wildman–Crippen LogP) is 3.96. The number of aliphatic hydroxyl groups is 1. The zero-order valence-electron chi connectivity index (χ0n) is 13.3. The number of benzene rings is 1. The molecule has 1 atom stereocenters. The van der Waals surface area contributed by atoms with Gasteiger partial charge in [-0.2, -0.15) is 5.10 Å². The zero-order chi connectivity index (χ0) is 15.8. The molecule has 114 valence electrons. The summed E-state index contributed by atoms with van der Waals surface area (Å²) in [5, 5.41) is 15.2. The van der Waals surface area contributed by atoms with Gasteiger partial charge in [0.25, 0.3) is 0 Å². The predicted molar refractivity (Wildman–Crippen MR) is 86.8 cm³/mol. The second-order valence-corrected chi connectivity index (χ2v) is 6.94. The molecule has 3 nitrogen and oxygen atoms in total. The van der Waals surface area contributed by atoms with Crippen LogP contribution in [0.15, 0.2) is 24.3 Å². The summed E-state index contributed by atoms with van der Waals surface area (Å²) in [6.07, 6.45) is -0.0943. The molecule has 0 aliphatic heterocycles. The van der Waals surface area contributed by atoms with Crippen LogP contribution in [-0.2, 0) is 18.9 Å². The van der Waals surface area contributed by atoms with Crippen molar-refractivity contribution in [2.75, 3.05) is 0 Å². The molecule has 1 aromatic carbocycles. The number of aromatic nitrogens is 2. The van der Waals surface area contributed by atoms with Gasteiger partial charge in [-0.1, -0.05) is 56.6 Å². The summed E-state index contributed by atoms with van der Waals surface area (Å²) >= 11 is 6.20. The van der Waals surface area contributed by atoms with Gasteiger partial charge >= 0.3 is 0 Å². The molecule has 2 rings (SSSR count). The van der Waals surface area contributed by atoms with Crippen molar-refractivity contribution in [3.63, 3.8) is 0 Å². The van der Waals surface area contributed by atoms with Crippen LogP contribution in [0.2, 0.25) is 5.15 Å². The van der Waals surface area contributed by atoms with Gasteiger partial charge in [-0.15, -0.1) is 0 Å². The van der Waals surface area contributed by atoms with Crippen molar-refractivity contribution in [1.29, 1.82) is 0 Å². The Balaban J connectivity index is 2.18.